The van der Waals surface area contributed by atoms with Gasteiger partial charge in [0.05, 0.1) is 0 Å². The van der Waals surface area contributed by atoms with E-state index < -0.39 is 0 Å². The Morgan fingerprint density at radius 2 is 1.56 bits per heavy atom. The summed E-state index contributed by atoms with van der Waals surface area (Å²) in [5, 5.41) is 3.27. The van der Waals surface area contributed by atoms with Crippen LogP contribution in [0.2, 0.25) is 0 Å². The molecule has 1 amide bonds. The molecule has 0 aromatic heterocycles. The van der Waals surface area contributed by atoms with Crippen LogP contribution in [0, 0.1) is 11.8 Å². The molecule has 0 atom stereocenters. The first kappa shape index (κ1) is 11.9. The van der Waals surface area contributed by atoms with Gasteiger partial charge in [-0.1, -0.05) is 26.2 Å². The van der Waals surface area contributed by atoms with Crippen molar-refractivity contribution in [2.75, 3.05) is 0 Å². The molecule has 2 nitrogen and oxygen atoms in total. The molecule has 2 heteroatoms. The van der Waals surface area contributed by atoms with Crippen molar-refractivity contribution >= 4 is 5.91 Å². The normalized spacial score (nSPS) is 32.3. The second kappa shape index (κ2) is 5.70. The lowest BCUT2D eigenvalue weighted by Gasteiger charge is -2.29. The summed E-state index contributed by atoms with van der Waals surface area (Å²) in [6.45, 7) is 2.32. The van der Waals surface area contributed by atoms with Crippen LogP contribution >= 0.6 is 0 Å². The quantitative estimate of drug-likeness (QED) is 0.765. The second-order valence-corrected chi connectivity index (χ2v) is 5.80. The summed E-state index contributed by atoms with van der Waals surface area (Å²) in [6, 6.07) is 0.477. The number of rotatable bonds is 2. The van der Waals surface area contributed by atoms with Crippen molar-refractivity contribution < 1.29 is 4.79 Å². The summed E-state index contributed by atoms with van der Waals surface area (Å²) in [7, 11) is 0. The molecule has 2 aliphatic carbocycles. The SMILES string of the molecule is CC1CCC(NC(=O)C2CCCCC2)CC1. The van der Waals surface area contributed by atoms with Gasteiger partial charge in [0.1, 0.15) is 0 Å². The van der Waals surface area contributed by atoms with E-state index in [0.717, 1.165) is 18.8 Å². The molecule has 0 aromatic rings. The summed E-state index contributed by atoms with van der Waals surface area (Å²) in [4.78, 5) is 12.0. The number of carbonyl (C=O) groups excluding carboxylic acids is 1. The van der Waals surface area contributed by atoms with Gasteiger partial charge in [-0.05, 0) is 44.4 Å². The molecule has 2 rings (SSSR count). The van der Waals surface area contributed by atoms with E-state index in [4.69, 9.17) is 0 Å². The first-order chi connectivity index (χ1) is 7.75. The lowest BCUT2D eigenvalue weighted by atomic mass is 9.85. The molecule has 0 bridgehead atoms. The highest BCUT2D eigenvalue weighted by Gasteiger charge is 2.25. The largest absolute Gasteiger partial charge is 0.353 e. The zero-order valence-electron chi connectivity index (χ0n) is 10.5. The van der Waals surface area contributed by atoms with Crippen molar-refractivity contribution in [3.8, 4) is 0 Å². The standard InChI is InChI=1S/C14H25NO/c1-11-7-9-13(10-8-11)15-14(16)12-5-3-2-4-6-12/h11-13H,2-10H2,1H3,(H,15,16). The van der Waals surface area contributed by atoms with Gasteiger partial charge < -0.3 is 5.32 Å². The molecule has 2 saturated carbocycles. The summed E-state index contributed by atoms with van der Waals surface area (Å²) in [5.41, 5.74) is 0. The molecule has 2 aliphatic rings. The fourth-order valence-corrected chi connectivity index (χ4v) is 3.09. The molecular formula is C14H25NO. The molecule has 0 saturated heterocycles. The van der Waals surface area contributed by atoms with Crippen LogP contribution < -0.4 is 5.32 Å². The zero-order chi connectivity index (χ0) is 11.4. The fraction of sp³-hybridized carbons (Fsp3) is 0.929. The van der Waals surface area contributed by atoms with Crippen LogP contribution in [-0.2, 0) is 4.79 Å². The molecule has 0 aliphatic heterocycles. The lowest BCUT2D eigenvalue weighted by molar-refractivity contribution is -0.126. The Hall–Kier alpha value is -0.530. The Kier molecular flexibility index (Phi) is 4.25. The van der Waals surface area contributed by atoms with Crippen molar-refractivity contribution in [1.82, 2.24) is 5.32 Å². The number of hydrogen-bond donors (Lipinski definition) is 1. The molecule has 0 spiro atoms. The summed E-state index contributed by atoms with van der Waals surface area (Å²) in [6.07, 6.45) is 11.0. The van der Waals surface area contributed by atoms with Gasteiger partial charge in [-0.25, -0.2) is 0 Å². The molecule has 0 unspecified atom stereocenters. The van der Waals surface area contributed by atoms with Gasteiger partial charge in [-0.3, -0.25) is 4.79 Å². The van der Waals surface area contributed by atoms with Crippen molar-refractivity contribution in [1.29, 1.82) is 0 Å². The van der Waals surface area contributed by atoms with E-state index in [1.54, 1.807) is 0 Å². The minimum atomic E-state index is 0.327. The zero-order valence-corrected chi connectivity index (χ0v) is 10.5. The average molecular weight is 223 g/mol. The highest BCUT2D eigenvalue weighted by Crippen LogP contribution is 2.26. The molecule has 1 N–H and O–H groups in total. The predicted molar refractivity (Wildman–Crippen MR) is 66.1 cm³/mol. The second-order valence-electron chi connectivity index (χ2n) is 5.80. The molecule has 16 heavy (non-hydrogen) atoms. The van der Waals surface area contributed by atoms with Crippen molar-refractivity contribution in [3.63, 3.8) is 0 Å². The van der Waals surface area contributed by atoms with E-state index in [0.29, 0.717) is 17.9 Å². The average Bonchev–Trinajstić information content (AvgIpc) is 2.33. The minimum absolute atomic E-state index is 0.327. The van der Waals surface area contributed by atoms with Crippen LogP contribution in [-0.4, -0.2) is 11.9 Å². The van der Waals surface area contributed by atoms with Crippen LogP contribution in [0.15, 0.2) is 0 Å². The number of hydrogen-bond acceptors (Lipinski definition) is 1. The number of amides is 1. The lowest BCUT2D eigenvalue weighted by Crippen LogP contribution is -2.41. The molecule has 0 heterocycles. The van der Waals surface area contributed by atoms with E-state index in [-0.39, 0.29) is 0 Å². The van der Waals surface area contributed by atoms with Crippen molar-refractivity contribution in [3.05, 3.63) is 0 Å². The van der Waals surface area contributed by atoms with Crippen LogP contribution in [0.3, 0.4) is 0 Å². The summed E-state index contributed by atoms with van der Waals surface area (Å²) in [5.74, 6) is 1.54. The fourth-order valence-electron chi connectivity index (χ4n) is 3.09. The highest BCUT2D eigenvalue weighted by molar-refractivity contribution is 5.79. The van der Waals surface area contributed by atoms with Crippen LogP contribution in [0.5, 0.6) is 0 Å². The summed E-state index contributed by atoms with van der Waals surface area (Å²) < 4.78 is 0. The maximum absolute atomic E-state index is 12.0. The maximum atomic E-state index is 12.0. The molecule has 0 radical (unpaired) electrons. The Morgan fingerprint density at radius 3 is 2.19 bits per heavy atom. The third-order valence-electron chi connectivity index (χ3n) is 4.34. The Balaban J connectivity index is 1.73. The van der Waals surface area contributed by atoms with Crippen LogP contribution in [0.1, 0.15) is 64.7 Å². The monoisotopic (exact) mass is 223 g/mol. The van der Waals surface area contributed by atoms with E-state index in [9.17, 15) is 4.79 Å². The van der Waals surface area contributed by atoms with E-state index in [2.05, 4.69) is 12.2 Å². The Labute approximate surface area is 99.2 Å². The van der Waals surface area contributed by atoms with Crippen molar-refractivity contribution in [2.45, 2.75) is 70.8 Å². The van der Waals surface area contributed by atoms with E-state index in [1.165, 1.54) is 44.9 Å². The highest BCUT2D eigenvalue weighted by atomic mass is 16.1. The number of nitrogens with one attached hydrogen (secondary N) is 1. The van der Waals surface area contributed by atoms with Gasteiger partial charge in [-0.15, -0.1) is 0 Å². The Morgan fingerprint density at radius 1 is 0.938 bits per heavy atom. The predicted octanol–water partition coefficient (Wildman–Crippen LogP) is 3.26. The smallest absolute Gasteiger partial charge is 0.223 e. The van der Waals surface area contributed by atoms with Crippen molar-refractivity contribution in [2.24, 2.45) is 11.8 Å². The number of carbonyl (C=O) groups is 1. The third-order valence-corrected chi connectivity index (χ3v) is 4.34. The summed E-state index contributed by atoms with van der Waals surface area (Å²) >= 11 is 0. The molecular weight excluding hydrogens is 198 g/mol. The van der Waals surface area contributed by atoms with Gasteiger partial charge >= 0.3 is 0 Å². The minimum Gasteiger partial charge on any atom is -0.353 e. The van der Waals surface area contributed by atoms with Gasteiger partial charge in [0, 0.05) is 12.0 Å². The van der Waals surface area contributed by atoms with Gasteiger partial charge in [0.2, 0.25) is 5.91 Å². The van der Waals surface area contributed by atoms with E-state index >= 15 is 0 Å². The first-order valence-electron chi connectivity index (χ1n) is 7.06. The van der Waals surface area contributed by atoms with Gasteiger partial charge in [0.25, 0.3) is 0 Å². The van der Waals surface area contributed by atoms with Gasteiger partial charge in [-0.2, -0.15) is 0 Å². The Bertz CT molecular complexity index is 225. The molecule has 92 valence electrons. The van der Waals surface area contributed by atoms with Crippen LogP contribution in [0.25, 0.3) is 0 Å². The topological polar surface area (TPSA) is 29.1 Å². The molecule has 2 fully saturated rings. The maximum Gasteiger partial charge on any atom is 0.223 e. The van der Waals surface area contributed by atoms with Gasteiger partial charge in [0.15, 0.2) is 0 Å². The molecule has 0 aromatic carbocycles. The first-order valence-corrected chi connectivity index (χ1v) is 7.06. The third kappa shape index (κ3) is 3.23. The van der Waals surface area contributed by atoms with E-state index in [1.807, 2.05) is 0 Å². The van der Waals surface area contributed by atoms with Crippen LogP contribution in [0.4, 0.5) is 0 Å².